The zero-order chi connectivity index (χ0) is 20.1. The van der Waals surface area contributed by atoms with Gasteiger partial charge in [-0.1, -0.05) is 17.7 Å². The second-order valence-electron chi connectivity index (χ2n) is 6.67. The van der Waals surface area contributed by atoms with Crippen molar-refractivity contribution in [3.8, 4) is 5.75 Å². The average molecular weight is 413 g/mol. The number of aryl methyl sites for hydroxylation is 1. The van der Waals surface area contributed by atoms with Gasteiger partial charge in [0.1, 0.15) is 24.0 Å². The Kier molecular flexibility index (Phi) is 5.90. The van der Waals surface area contributed by atoms with E-state index in [-0.39, 0.29) is 6.03 Å². The number of hydrogen-bond donors (Lipinski definition) is 2. The van der Waals surface area contributed by atoms with Crippen LogP contribution in [-0.2, 0) is 26.0 Å². The van der Waals surface area contributed by atoms with Crippen LogP contribution in [0.5, 0.6) is 5.75 Å². The minimum absolute atomic E-state index is 0.301. The second-order valence-corrected chi connectivity index (χ2v) is 7.08. The van der Waals surface area contributed by atoms with Crippen molar-refractivity contribution in [3.05, 3.63) is 65.0 Å². The van der Waals surface area contributed by atoms with Crippen LogP contribution >= 0.6 is 11.6 Å². The van der Waals surface area contributed by atoms with Crippen LogP contribution in [0.4, 0.5) is 10.5 Å². The smallest absolute Gasteiger partial charge is 0.319 e. The first kappa shape index (κ1) is 19.2. The molecular weight excluding hydrogens is 392 g/mol. The number of rotatable bonds is 7. The molecule has 2 amide bonds. The molecule has 0 aliphatic carbocycles. The molecule has 1 aliphatic rings. The van der Waals surface area contributed by atoms with E-state index < -0.39 is 0 Å². The zero-order valence-corrected chi connectivity index (χ0v) is 16.5. The van der Waals surface area contributed by atoms with E-state index in [0.29, 0.717) is 36.0 Å². The lowest BCUT2D eigenvalue weighted by Crippen LogP contribution is -2.30. The third kappa shape index (κ3) is 4.83. The molecular formula is C20H21ClN6O2. The van der Waals surface area contributed by atoms with Crippen LogP contribution in [0.25, 0.3) is 0 Å². The van der Waals surface area contributed by atoms with Gasteiger partial charge in [-0.05, 0) is 36.8 Å². The van der Waals surface area contributed by atoms with Crippen LogP contribution in [0.1, 0.15) is 23.8 Å². The number of fused-ring (bicyclic) bond motifs is 1. The van der Waals surface area contributed by atoms with Gasteiger partial charge in [0.25, 0.3) is 0 Å². The highest BCUT2D eigenvalue weighted by Gasteiger charge is 2.17. The van der Waals surface area contributed by atoms with Crippen molar-refractivity contribution in [1.82, 2.24) is 25.1 Å². The molecule has 0 fully saturated rings. The minimum atomic E-state index is -0.301. The Bertz CT molecular complexity index is 992. The first-order valence-corrected chi connectivity index (χ1v) is 9.85. The summed E-state index contributed by atoms with van der Waals surface area (Å²) in [6.07, 6.45) is 4.43. The van der Waals surface area contributed by atoms with Crippen LogP contribution in [0.3, 0.4) is 0 Å². The minimum Gasteiger partial charge on any atom is -0.486 e. The van der Waals surface area contributed by atoms with Gasteiger partial charge >= 0.3 is 6.03 Å². The number of urea groups is 1. The van der Waals surface area contributed by atoms with Gasteiger partial charge in [-0.25, -0.2) is 4.79 Å². The molecule has 3 heterocycles. The van der Waals surface area contributed by atoms with Gasteiger partial charge in [-0.3, -0.25) is 4.98 Å². The summed E-state index contributed by atoms with van der Waals surface area (Å²) < 4.78 is 7.82. The third-order valence-electron chi connectivity index (χ3n) is 4.61. The molecule has 8 nitrogen and oxygen atoms in total. The van der Waals surface area contributed by atoms with Gasteiger partial charge in [-0.15, -0.1) is 10.2 Å². The van der Waals surface area contributed by atoms with E-state index in [9.17, 15) is 4.79 Å². The molecule has 4 rings (SSSR count). The number of nitrogens with zero attached hydrogens (tertiary/aromatic N) is 4. The summed E-state index contributed by atoms with van der Waals surface area (Å²) in [6.45, 7) is 1.75. The fourth-order valence-electron chi connectivity index (χ4n) is 3.19. The number of carbonyl (C=O) groups is 1. The van der Waals surface area contributed by atoms with Crippen molar-refractivity contribution >= 4 is 23.3 Å². The van der Waals surface area contributed by atoms with E-state index in [1.54, 1.807) is 24.4 Å². The highest BCUT2D eigenvalue weighted by molar-refractivity contribution is 6.32. The molecule has 0 spiro atoms. The lowest BCUT2D eigenvalue weighted by Gasteiger charge is -2.11. The highest BCUT2D eigenvalue weighted by atomic mass is 35.5. The maximum atomic E-state index is 12.1. The maximum Gasteiger partial charge on any atom is 0.319 e. The first-order valence-electron chi connectivity index (χ1n) is 9.47. The van der Waals surface area contributed by atoms with E-state index in [1.807, 2.05) is 18.2 Å². The lowest BCUT2D eigenvalue weighted by atomic mass is 10.3. The van der Waals surface area contributed by atoms with Gasteiger partial charge in [0.05, 0.1) is 10.7 Å². The largest absolute Gasteiger partial charge is 0.486 e. The Morgan fingerprint density at radius 3 is 3.00 bits per heavy atom. The van der Waals surface area contributed by atoms with Crippen LogP contribution in [-0.4, -0.2) is 32.3 Å². The molecule has 0 unspecified atom stereocenters. The molecule has 0 saturated carbocycles. The number of nitrogens with one attached hydrogen (secondary N) is 2. The van der Waals surface area contributed by atoms with Crippen molar-refractivity contribution in [2.24, 2.45) is 0 Å². The van der Waals surface area contributed by atoms with Crippen molar-refractivity contribution in [2.45, 2.75) is 32.4 Å². The number of carbonyl (C=O) groups excluding carboxylic acids is 1. The van der Waals surface area contributed by atoms with Crippen LogP contribution in [0, 0.1) is 0 Å². The lowest BCUT2D eigenvalue weighted by molar-refractivity contribution is 0.252. The number of anilines is 1. The molecule has 9 heteroatoms. The number of ether oxygens (including phenoxy) is 1. The predicted molar refractivity (Wildman–Crippen MR) is 109 cm³/mol. The predicted octanol–water partition coefficient (Wildman–Crippen LogP) is 3.22. The Morgan fingerprint density at radius 2 is 2.17 bits per heavy atom. The molecule has 3 aromatic rings. The molecule has 1 aliphatic heterocycles. The van der Waals surface area contributed by atoms with Crippen molar-refractivity contribution in [3.63, 3.8) is 0 Å². The quantitative estimate of drug-likeness (QED) is 0.621. The third-order valence-corrected chi connectivity index (χ3v) is 4.91. The molecule has 0 atom stereocenters. The number of hydrogen-bond acceptors (Lipinski definition) is 5. The Hall–Kier alpha value is -3.13. The summed E-state index contributed by atoms with van der Waals surface area (Å²) in [5.41, 5.74) is 1.39. The Morgan fingerprint density at radius 1 is 1.24 bits per heavy atom. The summed E-state index contributed by atoms with van der Waals surface area (Å²) in [6, 6.07) is 10.4. The van der Waals surface area contributed by atoms with Gasteiger partial charge in [-0.2, -0.15) is 0 Å². The number of halogens is 1. The van der Waals surface area contributed by atoms with Crippen molar-refractivity contribution < 1.29 is 9.53 Å². The molecule has 150 valence electrons. The summed E-state index contributed by atoms with van der Waals surface area (Å²) in [4.78, 5) is 16.3. The van der Waals surface area contributed by atoms with Crippen molar-refractivity contribution in [1.29, 1.82) is 0 Å². The number of benzene rings is 1. The van der Waals surface area contributed by atoms with Gasteiger partial charge in [0.2, 0.25) is 0 Å². The van der Waals surface area contributed by atoms with E-state index in [1.165, 1.54) is 0 Å². The molecule has 29 heavy (non-hydrogen) atoms. The van der Waals surface area contributed by atoms with Crippen LogP contribution in [0.15, 0.2) is 42.6 Å². The fourth-order valence-corrected chi connectivity index (χ4v) is 3.42. The molecule has 0 saturated heterocycles. The normalized spacial score (nSPS) is 12.4. The topological polar surface area (TPSA) is 94.0 Å². The number of pyridine rings is 1. The molecule has 2 aromatic heterocycles. The highest BCUT2D eigenvalue weighted by Crippen LogP contribution is 2.28. The Labute approximate surface area is 173 Å². The van der Waals surface area contributed by atoms with Crippen LogP contribution < -0.4 is 15.4 Å². The first-order chi connectivity index (χ1) is 14.2. The molecule has 0 bridgehead atoms. The van der Waals surface area contributed by atoms with Gasteiger partial charge < -0.3 is 19.9 Å². The monoisotopic (exact) mass is 412 g/mol. The van der Waals surface area contributed by atoms with Gasteiger partial charge in [0, 0.05) is 37.8 Å². The van der Waals surface area contributed by atoms with Crippen molar-refractivity contribution in [2.75, 3.05) is 11.9 Å². The standard InChI is InChI=1S/C20H21ClN6O2/c21-16-12-14(6-7-17(16)29-13-15-4-1-2-9-22-15)24-20(28)23-10-8-19-26-25-18-5-3-11-27(18)19/h1-2,4,6-7,9,12H,3,5,8,10-11,13H2,(H2,23,24,28). The summed E-state index contributed by atoms with van der Waals surface area (Å²) in [5, 5.41) is 14.4. The maximum absolute atomic E-state index is 12.1. The SMILES string of the molecule is O=C(NCCc1nnc2n1CCC2)Nc1ccc(OCc2ccccn2)c(Cl)c1. The van der Waals surface area contributed by atoms with Gasteiger partial charge in [0.15, 0.2) is 0 Å². The van der Waals surface area contributed by atoms with E-state index in [0.717, 1.165) is 36.7 Å². The van der Waals surface area contributed by atoms with E-state index in [2.05, 4.69) is 30.4 Å². The summed E-state index contributed by atoms with van der Waals surface area (Å²) in [7, 11) is 0. The van der Waals surface area contributed by atoms with E-state index in [4.69, 9.17) is 16.3 Å². The summed E-state index contributed by atoms with van der Waals surface area (Å²) in [5.74, 6) is 2.48. The summed E-state index contributed by atoms with van der Waals surface area (Å²) >= 11 is 6.27. The molecule has 1 aromatic carbocycles. The number of amides is 2. The molecule has 2 N–H and O–H groups in total. The Balaban J connectivity index is 1.25. The van der Waals surface area contributed by atoms with E-state index >= 15 is 0 Å². The second kappa shape index (κ2) is 8.91. The number of aromatic nitrogens is 4. The zero-order valence-electron chi connectivity index (χ0n) is 15.8. The fraction of sp³-hybridized carbons (Fsp3) is 0.300. The van der Waals surface area contributed by atoms with Crippen LogP contribution in [0.2, 0.25) is 5.02 Å². The average Bonchev–Trinajstić information content (AvgIpc) is 3.33. The molecule has 0 radical (unpaired) electrons.